The quantitative estimate of drug-likeness (QED) is 0.658. The number of rotatable bonds is 4. The van der Waals surface area contributed by atoms with Gasteiger partial charge in [0.1, 0.15) is 0 Å². The van der Waals surface area contributed by atoms with E-state index in [0.29, 0.717) is 23.9 Å². The Balaban J connectivity index is 1.65. The van der Waals surface area contributed by atoms with Gasteiger partial charge in [-0.15, -0.1) is 0 Å². The van der Waals surface area contributed by atoms with Crippen LogP contribution in [0.3, 0.4) is 0 Å². The fourth-order valence-corrected chi connectivity index (χ4v) is 3.88. The monoisotopic (exact) mass is 392 g/mol. The first-order valence-corrected chi connectivity index (χ1v) is 9.65. The first-order chi connectivity index (χ1) is 13.7. The fourth-order valence-electron chi connectivity index (χ4n) is 3.75. The van der Waals surface area contributed by atoms with Crippen molar-refractivity contribution in [2.24, 2.45) is 0 Å². The van der Waals surface area contributed by atoms with Gasteiger partial charge in [0.25, 0.3) is 0 Å². The molecule has 1 amide bonds. The summed E-state index contributed by atoms with van der Waals surface area (Å²) in [5.74, 6) is 0.628. The van der Waals surface area contributed by atoms with Gasteiger partial charge in [-0.25, -0.2) is 4.98 Å². The van der Waals surface area contributed by atoms with Crippen molar-refractivity contribution in [1.82, 2.24) is 9.88 Å². The molecule has 28 heavy (non-hydrogen) atoms. The largest absolute Gasteiger partial charge is 0.481 e. The highest BCUT2D eigenvalue weighted by atomic mass is 35.5. The second kappa shape index (κ2) is 8.03. The number of methoxy groups -OCH3 is 1. The van der Waals surface area contributed by atoms with Gasteiger partial charge < -0.3 is 9.64 Å². The van der Waals surface area contributed by atoms with Crippen molar-refractivity contribution in [1.29, 1.82) is 0 Å². The molecule has 0 fully saturated rings. The summed E-state index contributed by atoms with van der Waals surface area (Å²) in [6.45, 7) is 0.687. The number of pyridine rings is 1. The van der Waals surface area contributed by atoms with Crippen LogP contribution in [0.1, 0.15) is 28.3 Å². The molecule has 0 saturated heterocycles. The number of benzene rings is 2. The van der Waals surface area contributed by atoms with Crippen LogP contribution in [0.4, 0.5) is 0 Å². The van der Waals surface area contributed by atoms with E-state index in [9.17, 15) is 4.79 Å². The Hall–Kier alpha value is -2.85. The van der Waals surface area contributed by atoms with Crippen LogP contribution < -0.4 is 4.74 Å². The highest BCUT2D eigenvalue weighted by molar-refractivity contribution is 6.30. The smallest absolute Gasteiger partial charge is 0.227 e. The first kappa shape index (κ1) is 18.5. The van der Waals surface area contributed by atoms with E-state index in [4.69, 9.17) is 16.3 Å². The van der Waals surface area contributed by atoms with Crippen LogP contribution in [0.5, 0.6) is 5.88 Å². The molecule has 0 spiro atoms. The van der Waals surface area contributed by atoms with E-state index < -0.39 is 0 Å². The van der Waals surface area contributed by atoms with Gasteiger partial charge in [0.2, 0.25) is 11.8 Å². The van der Waals surface area contributed by atoms with Gasteiger partial charge in [-0.3, -0.25) is 4.79 Å². The molecule has 5 heteroatoms. The van der Waals surface area contributed by atoms with E-state index in [-0.39, 0.29) is 11.9 Å². The lowest BCUT2D eigenvalue weighted by atomic mass is 9.88. The van der Waals surface area contributed by atoms with E-state index in [2.05, 4.69) is 23.2 Å². The molecule has 4 nitrogen and oxygen atoms in total. The molecule has 4 rings (SSSR count). The summed E-state index contributed by atoms with van der Waals surface area (Å²) in [5, 5.41) is 0.690. The third-order valence-electron chi connectivity index (χ3n) is 5.15. The number of hydrogen-bond acceptors (Lipinski definition) is 3. The van der Waals surface area contributed by atoms with Gasteiger partial charge in [0.15, 0.2) is 0 Å². The predicted molar refractivity (Wildman–Crippen MR) is 110 cm³/mol. The Kier molecular flexibility index (Phi) is 5.31. The topological polar surface area (TPSA) is 42.4 Å². The third kappa shape index (κ3) is 3.73. The maximum absolute atomic E-state index is 13.2. The normalized spacial score (nSPS) is 15.8. The van der Waals surface area contributed by atoms with Crippen molar-refractivity contribution >= 4 is 17.5 Å². The lowest BCUT2D eigenvalue weighted by Gasteiger charge is -2.38. The Morgan fingerprint density at radius 1 is 1.14 bits per heavy atom. The van der Waals surface area contributed by atoms with Gasteiger partial charge in [0, 0.05) is 23.8 Å². The highest BCUT2D eigenvalue weighted by Crippen LogP contribution is 2.36. The summed E-state index contributed by atoms with van der Waals surface area (Å²) in [5.41, 5.74) is 4.41. The maximum atomic E-state index is 13.2. The second-order valence-electron chi connectivity index (χ2n) is 6.88. The van der Waals surface area contributed by atoms with Gasteiger partial charge >= 0.3 is 0 Å². The lowest BCUT2D eigenvalue weighted by Crippen LogP contribution is -2.41. The van der Waals surface area contributed by atoms with E-state index in [1.54, 1.807) is 19.4 Å². The average molecular weight is 393 g/mol. The van der Waals surface area contributed by atoms with Crippen molar-refractivity contribution in [2.45, 2.75) is 18.9 Å². The molecule has 0 radical (unpaired) electrons. The molecule has 1 unspecified atom stereocenters. The predicted octanol–water partition coefficient (Wildman–Crippen LogP) is 4.46. The fraction of sp³-hybridized carbons (Fsp3) is 0.217. The Morgan fingerprint density at radius 3 is 2.64 bits per heavy atom. The van der Waals surface area contributed by atoms with Crippen molar-refractivity contribution < 1.29 is 9.53 Å². The van der Waals surface area contributed by atoms with Crippen molar-refractivity contribution in [2.75, 3.05) is 13.7 Å². The molecule has 2 aromatic carbocycles. The third-order valence-corrected chi connectivity index (χ3v) is 5.40. The van der Waals surface area contributed by atoms with E-state index in [0.717, 1.165) is 17.5 Å². The van der Waals surface area contributed by atoms with Gasteiger partial charge in [0.05, 0.1) is 19.6 Å². The number of carbonyl (C=O) groups excluding carboxylic acids is 1. The van der Waals surface area contributed by atoms with Crippen LogP contribution in [0, 0.1) is 0 Å². The van der Waals surface area contributed by atoms with Crippen LogP contribution in [0.15, 0.2) is 66.9 Å². The minimum absolute atomic E-state index is 0.0846. The average Bonchev–Trinajstić information content (AvgIpc) is 2.74. The number of aromatic nitrogens is 1. The number of halogens is 1. The SMILES string of the molecule is COc1ccc(CC(=O)N2CCc3ccccc3C2c2ccc(Cl)cc2)cn1. The minimum atomic E-state index is -0.110. The summed E-state index contributed by atoms with van der Waals surface area (Å²) in [6, 6.07) is 19.7. The number of nitrogens with zero attached hydrogens (tertiary/aromatic N) is 2. The first-order valence-electron chi connectivity index (χ1n) is 9.27. The van der Waals surface area contributed by atoms with Crippen molar-refractivity contribution in [3.8, 4) is 5.88 Å². The molecule has 142 valence electrons. The Bertz CT molecular complexity index is 971. The summed E-state index contributed by atoms with van der Waals surface area (Å²) in [6.07, 6.45) is 2.86. The molecule has 1 atom stereocenters. The van der Waals surface area contributed by atoms with Crippen LogP contribution >= 0.6 is 11.6 Å². The molecule has 1 aliphatic heterocycles. The maximum Gasteiger partial charge on any atom is 0.227 e. The number of ether oxygens (including phenoxy) is 1. The zero-order valence-corrected chi connectivity index (χ0v) is 16.4. The van der Waals surface area contributed by atoms with E-state index >= 15 is 0 Å². The minimum Gasteiger partial charge on any atom is -0.481 e. The molecule has 0 bridgehead atoms. The van der Waals surface area contributed by atoms with E-state index in [1.807, 2.05) is 41.3 Å². The molecule has 0 N–H and O–H groups in total. The molecular weight excluding hydrogens is 372 g/mol. The van der Waals surface area contributed by atoms with Gasteiger partial charge in [-0.2, -0.15) is 0 Å². The Morgan fingerprint density at radius 2 is 1.93 bits per heavy atom. The van der Waals surface area contributed by atoms with Crippen LogP contribution in [-0.4, -0.2) is 29.4 Å². The van der Waals surface area contributed by atoms with E-state index in [1.165, 1.54) is 11.1 Å². The van der Waals surface area contributed by atoms with Crippen LogP contribution in [0.2, 0.25) is 5.02 Å². The molecule has 0 aliphatic carbocycles. The number of hydrogen-bond donors (Lipinski definition) is 0. The molecule has 2 heterocycles. The number of amides is 1. The summed E-state index contributed by atoms with van der Waals surface area (Å²) < 4.78 is 5.10. The number of fused-ring (bicyclic) bond motifs is 1. The summed E-state index contributed by atoms with van der Waals surface area (Å²) in [7, 11) is 1.58. The molecule has 1 aromatic heterocycles. The lowest BCUT2D eigenvalue weighted by molar-refractivity contribution is -0.132. The summed E-state index contributed by atoms with van der Waals surface area (Å²) in [4.78, 5) is 19.4. The molecular formula is C23H21ClN2O2. The molecule has 3 aromatic rings. The van der Waals surface area contributed by atoms with Crippen molar-refractivity contribution in [3.63, 3.8) is 0 Å². The molecule has 0 saturated carbocycles. The zero-order valence-electron chi connectivity index (χ0n) is 15.6. The van der Waals surface area contributed by atoms with Crippen molar-refractivity contribution in [3.05, 3.63) is 94.1 Å². The number of carbonyl (C=O) groups is 1. The summed E-state index contributed by atoms with van der Waals surface area (Å²) >= 11 is 6.08. The van der Waals surface area contributed by atoms with Gasteiger partial charge in [-0.1, -0.05) is 54.1 Å². The Labute approximate surface area is 169 Å². The second-order valence-corrected chi connectivity index (χ2v) is 7.31. The zero-order chi connectivity index (χ0) is 19.5. The molecule has 1 aliphatic rings. The standard InChI is InChI=1S/C23H21ClN2O2/c1-28-21-11-6-16(15-25-21)14-22(27)26-13-12-17-4-2-3-5-20(17)23(26)18-7-9-19(24)10-8-18/h2-11,15,23H,12-14H2,1H3. The van der Waals surface area contributed by atoms with Crippen LogP contribution in [-0.2, 0) is 17.6 Å². The van der Waals surface area contributed by atoms with Crippen LogP contribution in [0.25, 0.3) is 0 Å². The highest BCUT2D eigenvalue weighted by Gasteiger charge is 2.31. The van der Waals surface area contributed by atoms with Gasteiger partial charge in [-0.05, 0) is 40.8 Å².